The quantitative estimate of drug-likeness (QED) is 0.0616. The standard InChI is InChI=1S/C46H28O7/c47-40-35(24-11-2-1-3-12-24)37-39(43(50)45(52)44(51)42(37)49)41(48)38(40)36-30-16-8-6-14-28(30)34(29-15-7-9-17-31(29)36)25-19-20-27-32-21-18-23-10-4-5-13-26(23)46(32)53-33(27)22-25/h1-22,47-52H. The smallest absolute Gasteiger partial charge is 0.205 e. The number of phenolic OH excluding ortho intramolecular Hbond substituents is 6. The molecule has 53 heavy (non-hydrogen) atoms. The van der Waals surface area contributed by atoms with Crippen LogP contribution < -0.4 is 0 Å². The van der Waals surface area contributed by atoms with Crippen LogP contribution in [0.4, 0.5) is 0 Å². The fourth-order valence-corrected chi connectivity index (χ4v) is 8.14. The first-order chi connectivity index (χ1) is 25.8. The summed E-state index contributed by atoms with van der Waals surface area (Å²) in [5.41, 5.74) is 4.32. The van der Waals surface area contributed by atoms with Gasteiger partial charge in [0.05, 0.1) is 10.9 Å². The minimum atomic E-state index is -1.00. The van der Waals surface area contributed by atoms with Crippen molar-refractivity contribution in [2.24, 2.45) is 0 Å². The Morgan fingerprint density at radius 1 is 0.321 bits per heavy atom. The van der Waals surface area contributed by atoms with E-state index >= 15 is 0 Å². The zero-order valence-corrected chi connectivity index (χ0v) is 27.8. The van der Waals surface area contributed by atoms with Crippen LogP contribution in [0.15, 0.2) is 138 Å². The highest BCUT2D eigenvalue weighted by Gasteiger charge is 2.31. The van der Waals surface area contributed by atoms with Crippen LogP contribution in [0, 0.1) is 0 Å². The maximum atomic E-state index is 12.3. The van der Waals surface area contributed by atoms with E-state index in [4.69, 9.17) is 4.42 Å². The minimum Gasteiger partial charge on any atom is -0.506 e. The summed E-state index contributed by atoms with van der Waals surface area (Å²) in [5.74, 6) is -4.60. The van der Waals surface area contributed by atoms with E-state index in [9.17, 15) is 30.6 Å². The van der Waals surface area contributed by atoms with Crippen LogP contribution in [-0.2, 0) is 0 Å². The van der Waals surface area contributed by atoms with Crippen molar-refractivity contribution in [2.45, 2.75) is 0 Å². The van der Waals surface area contributed by atoms with Crippen LogP contribution in [0.1, 0.15) is 0 Å². The average Bonchev–Trinajstić information content (AvgIpc) is 3.57. The second kappa shape index (κ2) is 11.1. The van der Waals surface area contributed by atoms with E-state index in [2.05, 4.69) is 36.4 Å². The van der Waals surface area contributed by atoms with Crippen molar-refractivity contribution in [3.63, 3.8) is 0 Å². The van der Waals surface area contributed by atoms with Crippen molar-refractivity contribution in [1.29, 1.82) is 0 Å². The average molecular weight is 693 g/mol. The van der Waals surface area contributed by atoms with Crippen LogP contribution in [0.25, 0.3) is 98.4 Å². The molecule has 0 aliphatic heterocycles. The van der Waals surface area contributed by atoms with Crippen molar-refractivity contribution >= 4 is 65.0 Å². The summed E-state index contributed by atoms with van der Waals surface area (Å²) in [7, 11) is 0. The Hall–Kier alpha value is -7.38. The summed E-state index contributed by atoms with van der Waals surface area (Å²) in [6, 6.07) is 42.6. The number of aromatic hydroxyl groups is 6. The Kier molecular flexibility index (Phi) is 6.35. The normalized spacial score (nSPS) is 11.8. The zero-order valence-electron chi connectivity index (χ0n) is 27.8. The van der Waals surface area contributed by atoms with Gasteiger partial charge in [0.15, 0.2) is 11.5 Å². The maximum absolute atomic E-state index is 12.3. The third-order valence-corrected chi connectivity index (χ3v) is 10.5. The number of furan rings is 1. The van der Waals surface area contributed by atoms with E-state index in [0.29, 0.717) is 21.9 Å². The topological polar surface area (TPSA) is 135 Å². The summed E-state index contributed by atoms with van der Waals surface area (Å²) in [5, 5.41) is 74.6. The zero-order chi connectivity index (χ0) is 36.1. The van der Waals surface area contributed by atoms with E-state index in [-0.39, 0.29) is 27.6 Å². The first kappa shape index (κ1) is 30.4. The highest BCUT2D eigenvalue weighted by molar-refractivity contribution is 6.26. The van der Waals surface area contributed by atoms with E-state index in [1.807, 2.05) is 66.7 Å². The van der Waals surface area contributed by atoms with Gasteiger partial charge < -0.3 is 35.1 Å². The van der Waals surface area contributed by atoms with Gasteiger partial charge in [0.2, 0.25) is 11.5 Å². The molecule has 0 amide bonds. The molecule has 0 fully saturated rings. The van der Waals surface area contributed by atoms with Crippen molar-refractivity contribution in [2.75, 3.05) is 0 Å². The molecule has 7 nitrogen and oxygen atoms in total. The Morgan fingerprint density at radius 2 is 0.868 bits per heavy atom. The number of hydrogen-bond donors (Lipinski definition) is 6. The number of phenols is 6. The van der Waals surface area contributed by atoms with Gasteiger partial charge in [-0.1, -0.05) is 115 Å². The third-order valence-electron chi connectivity index (χ3n) is 10.5. The van der Waals surface area contributed by atoms with Crippen molar-refractivity contribution in [3.8, 4) is 67.9 Å². The van der Waals surface area contributed by atoms with Gasteiger partial charge in [-0.3, -0.25) is 0 Å². The Balaban J connectivity index is 1.33. The van der Waals surface area contributed by atoms with Gasteiger partial charge in [0.25, 0.3) is 0 Å². The lowest BCUT2D eigenvalue weighted by atomic mass is 9.83. The summed E-state index contributed by atoms with van der Waals surface area (Å²) in [6.45, 7) is 0. The summed E-state index contributed by atoms with van der Waals surface area (Å²) in [6.07, 6.45) is 0. The summed E-state index contributed by atoms with van der Waals surface area (Å²) < 4.78 is 6.56. The van der Waals surface area contributed by atoms with Gasteiger partial charge in [-0.25, -0.2) is 0 Å². The molecule has 0 radical (unpaired) electrons. The molecule has 6 N–H and O–H groups in total. The lowest BCUT2D eigenvalue weighted by Crippen LogP contribution is -1.95. The molecule has 0 aliphatic rings. The molecule has 0 aliphatic carbocycles. The van der Waals surface area contributed by atoms with E-state index in [1.54, 1.807) is 30.3 Å². The fourth-order valence-electron chi connectivity index (χ4n) is 8.14. The molecule has 7 heteroatoms. The Labute approximate surface area is 300 Å². The van der Waals surface area contributed by atoms with Crippen LogP contribution >= 0.6 is 0 Å². The van der Waals surface area contributed by atoms with Gasteiger partial charge in [0, 0.05) is 32.7 Å². The SMILES string of the molecule is Oc1c(O)c(O)c2c(-c3ccccc3)c(O)c(-c3c4ccccc4c(-c4ccc5c(c4)oc4c6ccccc6ccc54)c4ccccc34)c(O)c2c1O. The first-order valence-corrected chi connectivity index (χ1v) is 17.0. The maximum Gasteiger partial charge on any atom is 0.205 e. The molecule has 1 heterocycles. The second-order valence-electron chi connectivity index (χ2n) is 13.3. The van der Waals surface area contributed by atoms with Crippen molar-refractivity contribution in [1.82, 2.24) is 0 Å². The lowest BCUT2D eigenvalue weighted by molar-refractivity contribution is 0.350. The van der Waals surface area contributed by atoms with E-state index in [1.165, 1.54) is 0 Å². The summed E-state index contributed by atoms with van der Waals surface area (Å²) >= 11 is 0. The molecule has 0 spiro atoms. The predicted octanol–water partition coefficient (Wildman–Crippen LogP) is 11.4. The van der Waals surface area contributed by atoms with Gasteiger partial charge in [-0.2, -0.15) is 0 Å². The van der Waals surface area contributed by atoms with Crippen molar-refractivity contribution in [3.05, 3.63) is 133 Å². The van der Waals surface area contributed by atoms with Crippen LogP contribution in [0.2, 0.25) is 0 Å². The molecule has 254 valence electrons. The van der Waals surface area contributed by atoms with Gasteiger partial charge in [-0.05, 0) is 61.8 Å². The number of hydrogen-bond acceptors (Lipinski definition) is 7. The van der Waals surface area contributed by atoms with E-state index < -0.39 is 28.7 Å². The predicted molar refractivity (Wildman–Crippen MR) is 210 cm³/mol. The number of fused-ring (bicyclic) bond motifs is 8. The third kappa shape index (κ3) is 4.16. The molecule has 10 aromatic rings. The first-order valence-electron chi connectivity index (χ1n) is 17.0. The molecule has 0 saturated heterocycles. The summed E-state index contributed by atoms with van der Waals surface area (Å²) in [4.78, 5) is 0. The number of benzene rings is 9. The monoisotopic (exact) mass is 692 g/mol. The van der Waals surface area contributed by atoms with Crippen LogP contribution in [0.3, 0.4) is 0 Å². The highest BCUT2D eigenvalue weighted by Crippen LogP contribution is 2.61. The van der Waals surface area contributed by atoms with Gasteiger partial charge in [-0.15, -0.1) is 0 Å². The van der Waals surface area contributed by atoms with Gasteiger partial charge in [0.1, 0.15) is 22.7 Å². The molecule has 0 unspecified atom stereocenters. The number of rotatable bonds is 3. The largest absolute Gasteiger partial charge is 0.506 e. The lowest BCUT2D eigenvalue weighted by Gasteiger charge is -2.22. The van der Waals surface area contributed by atoms with E-state index in [0.717, 1.165) is 54.6 Å². The Morgan fingerprint density at radius 3 is 1.53 bits per heavy atom. The van der Waals surface area contributed by atoms with Crippen LogP contribution in [-0.4, -0.2) is 30.6 Å². The van der Waals surface area contributed by atoms with Gasteiger partial charge >= 0.3 is 0 Å². The Bertz CT molecular complexity index is 3120. The second-order valence-corrected chi connectivity index (χ2v) is 13.3. The molecular weight excluding hydrogens is 664 g/mol. The molecule has 0 saturated carbocycles. The molecule has 0 atom stereocenters. The molecule has 1 aromatic heterocycles. The fraction of sp³-hybridized carbons (Fsp3) is 0. The molecular formula is C46H28O7. The van der Waals surface area contributed by atoms with Crippen molar-refractivity contribution < 1.29 is 35.1 Å². The highest BCUT2D eigenvalue weighted by atomic mass is 16.3. The molecule has 9 aromatic carbocycles. The molecule has 10 rings (SSSR count). The molecule has 0 bridgehead atoms. The van der Waals surface area contributed by atoms with Crippen LogP contribution in [0.5, 0.6) is 34.5 Å². The minimum absolute atomic E-state index is 0.0188.